The van der Waals surface area contributed by atoms with Gasteiger partial charge in [-0.25, -0.2) is 4.79 Å². The molecule has 0 aliphatic rings. The number of nitrogens with zero attached hydrogens (tertiary/aromatic N) is 1. The number of ether oxygens (including phenoxy) is 1. The second kappa shape index (κ2) is 6.23. The molecule has 1 amide bonds. The van der Waals surface area contributed by atoms with Gasteiger partial charge in [-0.15, -0.1) is 0 Å². The topological polar surface area (TPSA) is 60.3 Å². The van der Waals surface area contributed by atoms with Gasteiger partial charge in [0.15, 0.2) is 6.10 Å². The fourth-order valence-corrected chi connectivity index (χ4v) is 1.40. The highest BCUT2D eigenvalue weighted by molar-refractivity contribution is 5.90. The molecule has 5 nitrogen and oxygen atoms in total. The molecule has 1 aromatic heterocycles. The summed E-state index contributed by atoms with van der Waals surface area (Å²) in [5.41, 5.74) is 0.429. The van der Waals surface area contributed by atoms with Crippen LogP contribution in [0.25, 0.3) is 0 Å². The number of aromatic nitrogens is 1. The first-order valence-electron chi connectivity index (χ1n) is 6.01. The molecule has 0 saturated carbocycles. The van der Waals surface area contributed by atoms with Crippen LogP contribution < -0.4 is 5.32 Å². The molecule has 1 atom stereocenters. The number of carbonyl (C=O) groups is 2. The standard InChI is InChI=1S/C13H20N2O3/c1-9(2)8-14-12(16)10(3)18-13(17)11-6-5-7-15(11)4/h5-7,9-10H,8H2,1-4H3,(H,14,16)/t10-/m0/s1. The van der Waals surface area contributed by atoms with E-state index in [0.29, 0.717) is 18.2 Å². The Balaban J connectivity index is 2.49. The van der Waals surface area contributed by atoms with Crippen molar-refractivity contribution in [2.75, 3.05) is 6.54 Å². The van der Waals surface area contributed by atoms with E-state index in [1.165, 1.54) is 0 Å². The highest BCUT2D eigenvalue weighted by Crippen LogP contribution is 2.04. The molecule has 100 valence electrons. The molecular formula is C13H20N2O3. The van der Waals surface area contributed by atoms with Crippen LogP contribution in [0.5, 0.6) is 0 Å². The second-order valence-electron chi connectivity index (χ2n) is 4.69. The molecular weight excluding hydrogens is 232 g/mol. The molecule has 0 fully saturated rings. The van der Waals surface area contributed by atoms with Gasteiger partial charge in [0.1, 0.15) is 5.69 Å². The van der Waals surface area contributed by atoms with E-state index in [1.807, 2.05) is 13.8 Å². The van der Waals surface area contributed by atoms with E-state index in [0.717, 1.165) is 0 Å². The third kappa shape index (κ3) is 3.91. The van der Waals surface area contributed by atoms with Crippen LogP contribution in [0.4, 0.5) is 0 Å². The van der Waals surface area contributed by atoms with E-state index in [4.69, 9.17) is 4.74 Å². The summed E-state index contributed by atoms with van der Waals surface area (Å²) in [7, 11) is 1.75. The fraction of sp³-hybridized carbons (Fsp3) is 0.538. The number of carbonyl (C=O) groups excluding carboxylic acids is 2. The van der Waals surface area contributed by atoms with Crippen LogP contribution in [0.2, 0.25) is 0 Å². The van der Waals surface area contributed by atoms with Gasteiger partial charge < -0.3 is 14.6 Å². The molecule has 1 heterocycles. The summed E-state index contributed by atoms with van der Waals surface area (Å²) >= 11 is 0. The highest BCUT2D eigenvalue weighted by Gasteiger charge is 2.19. The minimum Gasteiger partial charge on any atom is -0.448 e. The first-order valence-corrected chi connectivity index (χ1v) is 6.01. The largest absolute Gasteiger partial charge is 0.448 e. The van der Waals surface area contributed by atoms with Crippen molar-refractivity contribution in [3.8, 4) is 0 Å². The summed E-state index contributed by atoms with van der Waals surface area (Å²) in [5, 5.41) is 2.72. The van der Waals surface area contributed by atoms with E-state index < -0.39 is 12.1 Å². The van der Waals surface area contributed by atoms with Crippen LogP contribution in [0, 0.1) is 5.92 Å². The zero-order valence-corrected chi connectivity index (χ0v) is 11.3. The summed E-state index contributed by atoms with van der Waals surface area (Å²) in [5.74, 6) is -0.398. The predicted molar refractivity (Wildman–Crippen MR) is 68.1 cm³/mol. The van der Waals surface area contributed by atoms with Gasteiger partial charge >= 0.3 is 5.97 Å². The van der Waals surface area contributed by atoms with Crippen molar-refractivity contribution in [2.45, 2.75) is 26.9 Å². The third-order valence-electron chi connectivity index (χ3n) is 2.49. The van der Waals surface area contributed by atoms with Crippen molar-refractivity contribution in [3.63, 3.8) is 0 Å². The average molecular weight is 252 g/mol. The van der Waals surface area contributed by atoms with Crippen LogP contribution in [0.15, 0.2) is 18.3 Å². The first kappa shape index (κ1) is 14.3. The van der Waals surface area contributed by atoms with Crippen molar-refractivity contribution in [3.05, 3.63) is 24.0 Å². The Hall–Kier alpha value is -1.78. The van der Waals surface area contributed by atoms with Gasteiger partial charge in [0.2, 0.25) is 0 Å². The Kier molecular flexibility index (Phi) is 4.95. The van der Waals surface area contributed by atoms with E-state index in [9.17, 15) is 9.59 Å². The monoisotopic (exact) mass is 252 g/mol. The molecule has 18 heavy (non-hydrogen) atoms. The number of hydrogen-bond acceptors (Lipinski definition) is 3. The third-order valence-corrected chi connectivity index (χ3v) is 2.49. The summed E-state index contributed by atoms with van der Waals surface area (Å²) in [4.78, 5) is 23.4. The molecule has 5 heteroatoms. The van der Waals surface area contributed by atoms with Crippen molar-refractivity contribution in [2.24, 2.45) is 13.0 Å². The first-order chi connectivity index (χ1) is 8.41. The number of hydrogen-bond donors (Lipinski definition) is 1. The van der Waals surface area contributed by atoms with Gasteiger partial charge in [-0.1, -0.05) is 13.8 Å². The van der Waals surface area contributed by atoms with Crippen LogP contribution in [-0.4, -0.2) is 29.1 Å². The van der Waals surface area contributed by atoms with Crippen molar-refractivity contribution < 1.29 is 14.3 Å². The van der Waals surface area contributed by atoms with E-state index >= 15 is 0 Å². The van der Waals surface area contributed by atoms with Crippen LogP contribution in [0.3, 0.4) is 0 Å². The van der Waals surface area contributed by atoms with Gasteiger partial charge in [0.25, 0.3) is 5.91 Å². The van der Waals surface area contributed by atoms with Gasteiger partial charge in [-0.2, -0.15) is 0 Å². The maximum atomic E-state index is 11.8. The Labute approximate surface area is 107 Å². The number of rotatable bonds is 5. The molecule has 0 radical (unpaired) electrons. The molecule has 0 spiro atoms. The van der Waals surface area contributed by atoms with Crippen molar-refractivity contribution >= 4 is 11.9 Å². The molecule has 1 rings (SSSR count). The smallest absolute Gasteiger partial charge is 0.355 e. The Bertz CT molecular complexity index is 424. The highest BCUT2D eigenvalue weighted by atomic mass is 16.5. The lowest BCUT2D eigenvalue weighted by atomic mass is 10.2. The number of aryl methyl sites for hydroxylation is 1. The van der Waals surface area contributed by atoms with E-state index in [-0.39, 0.29) is 5.91 Å². The Morgan fingerprint density at radius 1 is 1.39 bits per heavy atom. The Morgan fingerprint density at radius 2 is 2.06 bits per heavy atom. The summed E-state index contributed by atoms with van der Waals surface area (Å²) in [6.07, 6.45) is 0.964. The summed E-state index contributed by atoms with van der Waals surface area (Å²) < 4.78 is 6.75. The molecule has 0 aliphatic heterocycles. The minimum absolute atomic E-state index is 0.272. The zero-order chi connectivity index (χ0) is 13.7. The molecule has 0 aliphatic carbocycles. The molecule has 1 N–H and O–H groups in total. The van der Waals surface area contributed by atoms with Gasteiger partial charge in [0, 0.05) is 19.8 Å². The van der Waals surface area contributed by atoms with Crippen LogP contribution in [-0.2, 0) is 16.6 Å². The quantitative estimate of drug-likeness (QED) is 0.804. The predicted octanol–water partition coefficient (Wildman–Crippen LogP) is 1.34. The fourth-order valence-electron chi connectivity index (χ4n) is 1.40. The van der Waals surface area contributed by atoms with Crippen LogP contribution in [0.1, 0.15) is 31.3 Å². The second-order valence-corrected chi connectivity index (χ2v) is 4.69. The van der Waals surface area contributed by atoms with Crippen molar-refractivity contribution in [1.82, 2.24) is 9.88 Å². The molecule has 0 aromatic carbocycles. The van der Waals surface area contributed by atoms with Gasteiger partial charge in [-0.05, 0) is 25.0 Å². The van der Waals surface area contributed by atoms with E-state index in [1.54, 1.807) is 36.9 Å². The molecule has 0 unspecified atom stereocenters. The molecule has 1 aromatic rings. The summed E-state index contributed by atoms with van der Waals surface area (Å²) in [6.45, 7) is 6.14. The summed E-state index contributed by atoms with van der Waals surface area (Å²) in [6, 6.07) is 3.40. The van der Waals surface area contributed by atoms with E-state index in [2.05, 4.69) is 5.32 Å². The maximum Gasteiger partial charge on any atom is 0.355 e. The van der Waals surface area contributed by atoms with Crippen molar-refractivity contribution in [1.29, 1.82) is 0 Å². The normalized spacial score (nSPS) is 12.3. The maximum absolute atomic E-state index is 11.8. The lowest BCUT2D eigenvalue weighted by molar-refractivity contribution is -0.129. The number of esters is 1. The lowest BCUT2D eigenvalue weighted by Crippen LogP contribution is -2.37. The zero-order valence-electron chi connectivity index (χ0n) is 11.3. The molecule has 0 bridgehead atoms. The number of nitrogens with one attached hydrogen (secondary N) is 1. The number of amides is 1. The SMILES string of the molecule is CC(C)CNC(=O)[C@H](C)OC(=O)c1cccn1C. The lowest BCUT2D eigenvalue weighted by Gasteiger charge is -2.14. The van der Waals surface area contributed by atoms with Gasteiger partial charge in [-0.3, -0.25) is 4.79 Å². The average Bonchev–Trinajstić information content (AvgIpc) is 2.72. The molecule has 0 saturated heterocycles. The Morgan fingerprint density at radius 3 is 2.56 bits per heavy atom. The van der Waals surface area contributed by atoms with Crippen LogP contribution >= 0.6 is 0 Å². The minimum atomic E-state index is -0.786. The van der Waals surface area contributed by atoms with Gasteiger partial charge in [0.05, 0.1) is 0 Å².